The van der Waals surface area contributed by atoms with Crippen molar-refractivity contribution >= 4 is 39.4 Å². The van der Waals surface area contributed by atoms with Gasteiger partial charge < -0.3 is 4.98 Å². The Morgan fingerprint density at radius 3 is 2.56 bits per heavy atom. The van der Waals surface area contributed by atoms with Crippen LogP contribution in [-0.2, 0) is 0 Å². The number of aromatic amines is 1. The Hall–Kier alpha value is -3.71. The number of hydrogen-bond donors (Lipinski definition) is 1. The van der Waals surface area contributed by atoms with Crippen LogP contribution in [0.2, 0.25) is 0 Å². The number of nitrogens with zero attached hydrogens (tertiary/aromatic N) is 3. The molecule has 3 heterocycles. The van der Waals surface area contributed by atoms with Gasteiger partial charge in [-0.3, -0.25) is 9.59 Å². The average Bonchev–Trinajstić information content (AvgIpc) is 3.24. The molecule has 0 aliphatic carbocycles. The predicted octanol–water partition coefficient (Wildman–Crippen LogP) is 4.93. The minimum atomic E-state index is -0.459. The highest BCUT2D eigenvalue weighted by Gasteiger charge is 2.23. The van der Waals surface area contributed by atoms with E-state index < -0.39 is 5.25 Å². The first kappa shape index (κ1) is 20.2. The van der Waals surface area contributed by atoms with Crippen molar-refractivity contribution < 1.29 is 4.79 Å². The molecule has 6 nitrogen and oxygen atoms in total. The van der Waals surface area contributed by atoms with Crippen molar-refractivity contribution in [3.63, 3.8) is 0 Å². The van der Waals surface area contributed by atoms with Gasteiger partial charge in [0.1, 0.15) is 5.82 Å². The molecule has 0 spiro atoms. The van der Waals surface area contributed by atoms with Crippen LogP contribution in [0, 0.1) is 6.92 Å². The van der Waals surface area contributed by atoms with Gasteiger partial charge in [-0.1, -0.05) is 48.2 Å². The Kier molecular flexibility index (Phi) is 5.11. The number of hydrogen-bond acceptors (Lipinski definition) is 5. The smallest absolute Gasteiger partial charge is 0.267 e. The summed E-state index contributed by atoms with van der Waals surface area (Å²) in [6, 6.07) is 18.6. The Bertz CT molecular complexity index is 1520. The first-order valence-electron chi connectivity index (χ1n) is 10.2. The number of thioether (sulfide) groups is 1. The van der Waals surface area contributed by atoms with Gasteiger partial charge in [0.25, 0.3) is 5.56 Å². The lowest BCUT2D eigenvalue weighted by molar-refractivity contribution is 0.0995. The van der Waals surface area contributed by atoms with E-state index in [4.69, 9.17) is 4.98 Å². The summed E-state index contributed by atoms with van der Waals surface area (Å²) in [6.45, 7) is 3.78. The molecule has 0 saturated heterocycles. The molecular formula is C25H20N4O2S. The summed E-state index contributed by atoms with van der Waals surface area (Å²) in [4.78, 5) is 39.0. The van der Waals surface area contributed by atoms with Gasteiger partial charge in [-0.05, 0) is 43.7 Å². The molecule has 1 atom stereocenters. The highest BCUT2D eigenvalue weighted by molar-refractivity contribution is 8.00. The van der Waals surface area contributed by atoms with Gasteiger partial charge in [0.05, 0.1) is 16.2 Å². The number of aryl methyl sites for hydroxylation is 1. The summed E-state index contributed by atoms with van der Waals surface area (Å²) in [5, 5.41) is 1.37. The number of pyridine rings is 1. The lowest BCUT2D eigenvalue weighted by atomic mass is 10.1. The first-order valence-corrected chi connectivity index (χ1v) is 11.1. The van der Waals surface area contributed by atoms with E-state index in [0.29, 0.717) is 27.4 Å². The van der Waals surface area contributed by atoms with Crippen LogP contribution in [0.4, 0.5) is 0 Å². The van der Waals surface area contributed by atoms with Crippen molar-refractivity contribution in [1.82, 2.24) is 19.5 Å². The van der Waals surface area contributed by atoms with Gasteiger partial charge in [-0.2, -0.15) is 0 Å². The lowest BCUT2D eigenvalue weighted by Crippen LogP contribution is -2.24. The molecule has 0 fully saturated rings. The number of rotatable bonds is 5. The largest absolute Gasteiger partial charge is 0.360 e. The van der Waals surface area contributed by atoms with Crippen LogP contribution in [0.1, 0.15) is 22.8 Å². The summed E-state index contributed by atoms with van der Waals surface area (Å²) in [5.74, 6) is 0.450. The molecule has 0 amide bonds. The van der Waals surface area contributed by atoms with Gasteiger partial charge >= 0.3 is 0 Å². The Morgan fingerprint density at radius 2 is 1.78 bits per heavy atom. The number of H-pyrrole nitrogens is 1. The number of carbonyl (C=O) groups excluding carboxylic acids is 1. The van der Waals surface area contributed by atoms with Crippen LogP contribution < -0.4 is 5.56 Å². The number of fused-ring (bicyclic) bond motifs is 2. The van der Waals surface area contributed by atoms with Crippen LogP contribution in [0.25, 0.3) is 27.6 Å². The minimum absolute atomic E-state index is 0.0294. The summed E-state index contributed by atoms with van der Waals surface area (Å²) in [7, 11) is 0. The third-order valence-electron chi connectivity index (χ3n) is 5.38. The SMILES string of the molecule is Cc1ccc(-n2c(SC(C)C(=O)c3c[nH]c4ccccc34)nc3ccccc3c2=O)nc1. The average molecular weight is 441 g/mol. The van der Waals surface area contributed by atoms with E-state index in [1.807, 2.05) is 56.3 Å². The number of Topliss-reactive ketones (excluding diaryl/α,β-unsaturated/α-hetero) is 1. The number of nitrogens with one attached hydrogen (secondary N) is 1. The zero-order valence-corrected chi connectivity index (χ0v) is 18.4. The Labute approximate surface area is 188 Å². The maximum absolute atomic E-state index is 13.4. The van der Waals surface area contributed by atoms with Crippen LogP contribution in [0.5, 0.6) is 0 Å². The van der Waals surface area contributed by atoms with Gasteiger partial charge in [-0.25, -0.2) is 14.5 Å². The molecule has 0 bridgehead atoms. The summed E-state index contributed by atoms with van der Waals surface area (Å²) in [6.07, 6.45) is 3.46. The second-order valence-electron chi connectivity index (χ2n) is 7.62. The molecule has 7 heteroatoms. The standard InChI is InChI=1S/C25H20N4O2S/c1-15-11-12-22(27-13-15)29-24(31)18-8-4-6-10-21(18)28-25(29)32-16(2)23(30)19-14-26-20-9-5-3-7-17(19)20/h3-14,16,26H,1-2H3. The maximum Gasteiger partial charge on any atom is 0.267 e. The van der Waals surface area contributed by atoms with Crippen LogP contribution in [0.3, 0.4) is 0 Å². The number of para-hydroxylation sites is 2. The van der Waals surface area contributed by atoms with E-state index in [0.717, 1.165) is 16.5 Å². The van der Waals surface area contributed by atoms with Gasteiger partial charge in [0.2, 0.25) is 0 Å². The fraction of sp³-hybridized carbons (Fsp3) is 0.120. The second-order valence-corrected chi connectivity index (χ2v) is 8.93. The van der Waals surface area contributed by atoms with Crippen LogP contribution in [0.15, 0.2) is 83.0 Å². The fourth-order valence-corrected chi connectivity index (χ4v) is 4.67. The summed E-state index contributed by atoms with van der Waals surface area (Å²) < 4.78 is 1.49. The minimum Gasteiger partial charge on any atom is -0.360 e. The molecule has 158 valence electrons. The van der Waals surface area contributed by atoms with Crippen molar-refractivity contribution in [3.05, 3.63) is 94.5 Å². The fourth-order valence-electron chi connectivity index (χ4n) is 3.69. The quantitative estimate of drug-likeness (QED) is 0.238. The molecule has 0 aliphatic heterocycles. The molecule has 1 unspecified atom stereocenters. The van der Waals surface area contributed by atoms with Gasteiger partial charge in [0, 0.05) is 28.9 Å². The third kappa shape index (κ3) is 3.50. The van der Waals surface area contributed by atoms with Gasteiger partial charge in [0.15, 0.2) is 10.9 Å². The van der Waals surface area contributed by atoms with E-state index in [1.54, 1.807) is 30.6 Å². The Balaban J connectivity index is 1.60. The van der Waals surface area contributed by atoms with Gasteiger partial charge in [-0.15, -0.1) is 0 Å². The summed E-state index contributed by atoms with van der Waals surface area (Å²) in [5.41, 5.74) is 2.92. The molecular weight excluding hydrogens is 420 g/mol. The molecule has 3 aromatic heterocycles. The highest BCUT2D eigenvalue weighted by Crippen LogP contribution is 2.28. The van der Waals surface area contributed by atoms with Crippen molar-refractivity contribution in [2.24, 2.45) is 0 Å². The second kappa shape index (κ2) is 8.09. The number of carbonyl (C=O) groups is 1. The monoisotopic (exact) mass is 440 g/mol. The molecule has 1 N–H and O–H groups in total. The predicted molar refractivity (Wildman–Crippen MR) is 128 cm³/mol. The third-order valence-corrected chi connectivity index (χ3v) is 6.43. The zero-order valence-electron chi connectivity index (χ0n) is 17.6. The van der Waals surface area contributed by atoms with Crippen molar-refractivity contribution in [1.29, 1.82) is 0 Å². The molecule has 0 aliphatic rings. The molecule has 32 heavy (non-hydrogen) atoms. The van der Waals surface area contributed by atoms with Crippen LogP contribution >= 0.6 is 11.8 Å². The van der Waals surface area contributed by atoms with E-state index in [-0.39, 0.29) is 11.3 Å². The van der Waals surface area contributed by atoms with E-state index in [1.165, 1.54) is 16.3 Å². The first-order chi connectivity index (χ1) is 15.5. The number of aromatic nitrogens is 4. The zero-order chi connectivity index (χ0) is 22.2. The highest BCUT2D eigenvalue weighted by atomic mass is 32.2. The molecule has 2 aromatic carbocycles. The lowest BCUT2D eigenvalue weighted by Gasteiger charge is -2.15. The Morgan fingerprint density at radius 1 is 1.03 bits per heavy atom. The maximum atomic E-state index is 13.4. The van der Waals surface area contributed by atoms with E-state index in [9.17, 15) is 9.59 Å². The summed E-state index contributed by atoms with van der Waals surface area (Å²) >= 11 is 1.26. The van der Waals surface area contributed by atoms with Crippen molar-refractivity contribution in [2.45, 2.75) is 24.3 Å². The molecule has 5 rings (SSSR count). The molecule has 0 radical (unpaired) electrons. The molecule has 0 saturated carbocycles. The van der Waals surface area contributed by atoms with Crippen molar-refractivity contribution in [2.75, 3.05) is 0 Å². The topological polar surface area (TPSA) is 80.6 Å². The van der Waals surface area contributed by atoms with Crippen LogP contribution in [-0.4, -0.2) is 30.6 Å². The number of ketones is 1. The normalized spacial score (nSPS) is 12.3. The van der Waals surface area contributed by atoms with E-state index >= 15 is 0 Å². The molecule has 5 aromatic rings. The van der Waals surface area contributed by atoms with E-state index in [2.05, 4.69) is 9.97 Å². The van der Waals surface area contributed by atoms with Crippen molar-refractivity contribution in [3.8, 4) is 5.82 Å². The number of benzene rings is 2.